The Morgan fingerprint density at radius 2 is 1.79 bits per heavy atom. The summed E-state index contributed by atoms with van der Waals surface area (Å²) in [7, 11) is -0.972. The van der Waals surface area contributed by atoms with E-state index in [2.05, 4.69) is 39.8 Å². The second kappa shape index (κ2) is 7.08. The largest absolute Gasteiger partial charge is 0.420 e. The van der Waals surface area contributed by atoms with E-state index >= 15 is 0 Å². The van der Waals surface area contributed by atoms with Crippen molar-refractivity contribution in [3.05, 3.63) is 12.2 Å². The van der Waals surface area contributed by atoms with Gasteiger partial charge in [-0.15, -0.1) is 0 Å². The van der Waals surface area contributed by atoms with Gasteiger partial charge in [0.1, 0.15) is 0 Å². The third-order valence-electron chi connectivity index (χ3n) is 5.01. The van der Waals surface area contributed by atoms with E-state index in [-0.39, 0.29) is 0 Å². The molecule has 3 atom stereocenters. The van der Waals surface area contributed by atoms with Crippen LogP contribution in [0.3, 0.4) is 0 Å². The quantitative estimate of drug-likeness (QED) is 0.348. The maximum atomic E-state index is 6.22. The number of hydrogen-bond donors (Lipinski definition) is 0. The van der Waals surface area contributed by atoms with Crippen molar-refractivity contribution >= 4 is 9.04 Å². The van der Waals surface area contributed by atoms with Gasteiger partial charge in [0, 0.05) is 6.61 Å². The molecule has 0 amide bonds. The van der Waals surface area contributed by atoms with E-state index in [0.717, 1.165) is 35.4 Å². The van der Waals surface area contributed by atoms with Gasteiger partial charge < -0.3 is 4.43 Å². The number of hydrogen-bond acceptors (Lipinski definition) is 1. The van der Waals surface area contributed by atoms with E-state index < -0.39 is 9.04 Å². The normalized spacial score (nSPS) is 29.3. The Hall–Kier alpha value is -0.0831. The predicted molar refractivity (Wildman–Crippen MR) is 86.0 cm³/mol. The summed E-state index contributed by atoms with van der Waals surface area (Å²) in [6.07, 6.45) is 11.9. The molecule has 0 radical (unpaired) electrons. The van der Waals surface area contributed by atoms with Crippen molar-refractivity contribution in [2.24, 2.45) is 17.8 Å². The highest BCUT2D eigenvalue weighted by Gasteiger charge is 2.34. The lowest BCUT2D eigenvalue weighted by Crippen LogP contribution is -2.26. The lowest BCUT2D eigenvalue weighted by molar-refractivity contribution is 0.286. The van der Waals surface area contributed by atoms with Crippen LogP contribution < -0.4 is 0 Å². The maximum absolute atomic E-state index is 6.22. The first-order valence-corrected chi connectivity index (χ1v) is 10.2. The maximum Gasteiger partial charge on any atom is 0.181 e. The molecular formula is C17H32OSi. The number of rotatable bonds is 8. The molecule has 19 heavy (non-hydrogen) atoms. The molecule has 0 aliphatic heterocycles. The number of unbranched alkanes of at least 4 members (excludes halogenated alkanes) is 1. The number of allylic oxidation sites excluding steroid dienone is 2. The summed E-state index contributed by atoms with van der Waals surface area (Å²) in [6.45, 7) is 10.3. The standard InChI is InChI=1S/C17H32OSi/c1-13(2)19(14(3)4)18-10-6-5-7-16-11-15-8-9-17(16)12-15/h8-9,13-17,19H,5-7,10-12H2,1-4H3. The molecule has 0 heterocycles. The van der Waals surface area contributed by atoms with Crippen LogP contribution in [0.4, 0.5) is 0 Å². The highest BCUT2D eigenvalue weighted by atomic mass is 28.3. The fourth-order valence-electron chi connectivity index (χ4n) is 4.11. The van der Waals surface area contributed by atoms with Crippen LogP contribution in [0.5, 0.6) is 0 Å². The van der Waals surface area contributed by atoms with Gasteiger partial charge in [0.15, 0.2) is 9.04 Å². The summed E-state index contributed by atoms with van der Waals surface area (Å²) in [5.74, 6) is 2.86. The van der Waals surface area contributed by atoms with Crippen molar-refractivity contribution in [1.29, 1.82) is 0 Å². The SMILES string of the molecule is CC(C)[SiH](OCCCCC1CC2C=CC1C2)C(C)C. The molecule has 0 N–H and O–H groups in total. The second-order valence-corrected chi connectivity index (χ2v) is 11.3. The molecule has 0 aromatic heterocycles. The molecule has 110 valence electrons. The fraction of sp³-hybridized carbons (Fsp3) is 0.882. The first-order valence-electron chi connectivity index (χ1n) is 8.38. The minimum atomic E-state index is -0.972. The van der Waals surface area contributed by atoms with Crippen LogP contribution in [0.1, 0.15) is 59.8 Å². The van der Waals surface area contributed by atoms with Crippen LogP contribution in [0.2, 0.25) is 11.1 Å². The van der Waals surface area contributed by atoms with Gasteiger partial charge in [0.05, 0.1) is 0 Å². The van der Waals surface area contributed by atoms with Crippen LogP contribution in [0.25, 0.3) is 0 Å². The highest BCUT2D eigenvalue weighted by Crippen LogP contribution is 2.45. The van der Waals surface area contributed by atoms with Gasteiger partial charge in [0.2, 0.25) is 0 Å². The summed E-state index contributed by atoms with van der Waals surface area (Å²) >= 11 is 0. The van der Waals surface area contributed by atoms with Crippen molar-refractivity contribution < 1.29 is 4.43 Å². The van der Waals surface area contributed by atoms with Crippen molar-refractivity contribution in [1.82, 2.24) is 0 Å². The summed E-state index contributed by atoms with van der Waals surface area (Å²) < 4.78 is 6.22. The van der Waals surface area contributed by atoms with E-state index in [0.29, 0.717) is 0 Å². The molecule has 0 aromatic rings. The summed E-state index contributed by atoms with van der Waals surface area (Å²) in [5, 5.41) is 0. The van der Waals surface area contributed by atoms with Gasteiger partial charge in [-0.2, -0.15) is 0 Å². The molecule has 0 saturated heterocycles. The average molecular weight is 281 g/mol. The van der Waals surface area contributed by atoms with E-state index in [1.54, 1.807) is 0 Å². The van der Waals surface area contributed by atoms with Crippen molar-refractivity contribution in [3.8, 4) is 0 Å². The van der Waals surface area contributed by atoms with Gasteiger partial charge in [0.25, 0.3) is 0 Å². The molecule has 3 unspecified atom stereocenters. The third-order valence-corrected chi connectivity index (χ3v) is 8.26. The molecule has 1 nitrogen and oxygen atoms in total. The molecule has 0 spiro atoms. The minimum absolute atomic E-state index is 0.774. The van der Waals surface area contributed by atoms with E-state index in [1.807, 2.05) is 0 Å². The fourth-order valence-corrected chi connectivity index (χ4v) is 6.86. The van der Waals surface area contributed by atoms with Crippen molar-refractivity contribution in [3.63, 3.8) is 0 Å². The van der Waals surface area contributed by atoms with Gasteiger partial charge in [-0.1, -0.05) is 46.3 Å². The molecule has 0 aromatic carbocycles. The predicted octanol–water partition coefficient (Wildman–Crippen LogP) is 4.93. The zero-order chi connectivity index (χ0) is 13.8. The molecule has 2 bridgehead atoms. The zero-order valence-corrected chi connectivity index (χ0v) is 14.4. The average Bonchev–Trinajstić information content (AvgIpc) is 2.94. The molecule has 2 heteroatoms. The van der Waals surface area contributed by atoms with Gasteiger partial charge >= 0.3 is 0 Å². The Balaban J connectivity index is 1.56. The zero-order valence-electron chi connectivity index (χ0n) is 13.3. The lowest BCUT2D eigenvalue weighted by Gasteiger charge is -2.23. The van der Waals surface area contributed by atoms with Crippen LogP contribution in [0.15, 0.2) is 12.2 Å². The van der Waals surface area contributed by atoms with Crippen molar-refractivity contribution in [2.45, 2.75) is 70.9 Å². The molecule has 2 aliphatic carbocycles. The Labute approximate surface area is 121 Å². The first-order chi connectivity index (χ1) is 9.08. The van der Waals surface area contributed by atoms with Gasteiger partial charge in [-0.05, 0) is 54.5 Å². The third kappa shape index (κ3) is 4.19. The van der Waals surface area contributed by atoms with Crippen molar-refractivity contribution in [2.75, 3.05) is 6.61 Å². The van der Waals surface area contributed by atoms with Gasteiger partial charge in [-0.3, -0.25) is 0 Å². The summed E-state index contributed by atoms with van der Waals surface area (Å²) in [5.41, 5.74) is 1.55. The van der Waals surface area contributed by atoms with Crippen LogP contribution >= 0.6 is 0 Å². The minimum Gasteiger partial charge on any atom is -0.420 e. The Bertz CT molecular complexity index is 290. The first kappa shape index (κ1) is 15.3. The summed E-state index contributed by atoms with van der Waals surface area (Å²) in [6, 6.07) is 0. The van der Waals surface area contributed by atoms with Crippen LogP contribution in [0, 0.1) is 17.8 Å². The molecule has 1 fully saturated rings. The van der Waals surface area contributed by atoms with E-state index in [1.165, 1.54) is 32.1 Å². The Morgan fingerprint density at radius 1 is 1.05 bits per heavy atom. The monoisotopic (exact) mass is 280 g/mol. The topological polar surface area (TPSA) is 9.23 Å². The van der Waals surface area contributed by atoms with E-state index in [4.69, 9.17) is 4.43 Å². The smallest absolute Gasteiger partial charge is 0.181 e. The van der Waals surface area contributed by atoms with Crippen LogP contribution in [-0.4, -0.2) is 15.6 Å². The summed E-state index contributed by atoms with van der Waals surface area (Å²) in [4.78, 5) is 0. The highest BCUT2D eigenvalue weighted by molar-refractivity contribution is 6.54. The van der Waals surface area contributed by atoms with Gasteiger partial charge in [-0.25, -0.2) is 0 Å². The second-order valence-electron chi connectivity index (χ2n) is 7.36. The van der Waals surface area contributed by atoms with E-state index in [9.17, 15) is 0 Å². The molecule has 2 aliphatic rings. The Kier molecular flexibility index (Phi) is 5.70. The number of fused-ring (bicyclic) bond motifs is 2. The van der Waals surface area contributed by atoms with Crippen LogP contribution in [-0.2, 0) is 4.43 Å². The molecule has 1 saturated carbocycles. The molecule has 2 rings (SSSR count). The lowest BCUT2D eigenvalue weighted by atomic mass is 9.89. The Morgan fingerprint density at radius 3 is 2.32 bits per heavy atom. The molecular weight excluding hydrogens is 248 g/mol.